The van der Waals surface area contributed by atoms with E-state index in [2.05, 4.69) is 70.6 Å². The Kier molecular flexibility index (Phi) is 12.8. The molecule has 17 heteroatoms. The second-order valence-electron chi connectivity index (χ2n) is 22.2. The summed E-state index contributed by atoms with van der Waals surface area (Å²) in [5, 5.41) is 8.66. The second-order valence-corrected chi connectivity index (χ2v) is 23.1. The number of hydrazine groups is 1. The molecule has 3 aromatic heterocycles. The lowest BCUT2D eigenvalue weighted by molar-refractivity contribution is -0.162. The molecule has 8 bridgehead atoms. The number of amides is 2. The number of hydrogen-bond donors (Lipinski definition) is 2. The molecular formula is C53H69N7O9S. The van der Waals surface area contributed by atoms with Crippen molar-refractivity contribution >= 4 is 40.0 Å². The Morgan fingerprint density at radius 1 is 1.07 bits per heavy atom. The molecule has 12 rings (SSSR count). The number of pyridine rings is 1. The highest BCUT2D eigenvalue weighted by Gasteiger charge is 2.68. The molecule has 2 N–H and O–H groups in total. The van der Waals surface area contributed by atoms with Gasteiger partial charge in [-0.3, -0.25) is 29.3 Å². The normalized spacial score (nSPS) is 30.5. The number of hydrogen-bond acceptors (Lipinski definition) is 14. The minimum Gasteiger partial charge on any atom is -0.464 e. The Bertz CT molecular complexity index is 2620. The number of rotatable bonds is 10. The van der Waals surface area contributed by atoms with E-state index >= 15 is 4.79 Å². The van der Waals surface area contributed by atoms with Gasteiger partial charge in [-0.05, 0) is 101 Å². The highest BCUT2D eigenvalue weighted by Crippen LogP contribution is 2.61. The van der Waals surface area contributed by atoms with Crippen molar-refractivity contribution in [1.29, 1.82) is 0 Å². The quantitative estimate of drug-likeness (QED) is 0.161. The molecule has 376 valence electrons. The largest absolute Gasteiger partial charge is 0.464 e. The Labute approximate surface area is 414 Å². The van der Waals surface area contributed by atoms with Gasteiger partial charge in [0.25, 0.3) is 11.8 Å². The Morgan fingerprint density at radius 3 is 2.63 bits per heavy atom. The molecule has 1 spiro atoms. The summed E-state index contributed by atoms with van der Waals surface area (Å²) in [6.45, 7) is 15.4. The number of thiazole rings is 1. The molecule has 4 aromatic rings. The fourth-order valence-corrected chi connectivity index (χ4v) is 13.5. The van der Waals surface area contributed by atoms with Crippen LogP contribution in [0.1, 0.15) is 114 Å². The molecule has 1 aromatic carbocycles. The topological polar surface area (TPSA) is 168 Å². The summed E-state index contributed by atoms with van der Waals surface area (Å²) in [7, 11) is 1.71. The maximum atomic E-state index is 15.3. The summed E-state index contributed by atoms with van der Waals surface area (Å²) < 4.78 is 39.5. The van der Waals surface area contributed by atoms with Gasteiger partial charge < -0.3 is 38.3 Å². The predicted molar refractivity (Wildman–Crippen MR) is 263 cm³/mol. The van der Waals surface area contributed by atoms with Crippen molar-refractivity contribution in [2.24, 2.45) is 10.8 Å². The number of nitrogens with zero attached hydrogens (tertiary/aromatic N) is 5. The minimum atomic E-state index is -1.05. The van der Waals surface area contributed by atoms with Gasteiger partial charge in [-0.25, -0.2) is 10.4 Å². The first-order valence-corrected chi connectivity index (χ1v) is 26.5. The lowest BCUT2D eigenvalue weighted by atomic mass is 9.61. The van der Waals surface area contributed by atoms with E-state index in [9.17, 15) is 9.59 Å². The van der Waals surface area contributed by atoms with Crippen LogP contribution in [-0.4, -0.2) is 137 Å². The van der Waals surface area contributed by atoms with E-state index in [1.54, 1.807) is 7.11 Å². The number of benzene rings is 1. The summed E-state index contributed by atoms with van der Waals surface area (Å²) in [5.41, 5.74) is 8.02. The van der Waals surface area contributed by atoms with E-state index in [1.807, 2.05) is 26.1 Å². The fourth-order valence-electron chi connectivity index (χ4n) is 12.5. The first-order chi connectivity index (χ1) is 33.7. The average molecular weight is 980 g/mol. The molecule has 70 heavy (non-hydrogen) atoms. The van der Waals surface area contributed by atoms with Crippen LogP contribution >= 0.6 is 11.3 Å². The molecule has 7 aliphatic heterocycles. The summed E-state index contributed by atoms with van der Waals surface area (Å²) in [6.07, 6.45) is 8.05. The molecule has 1 saturated carbocycles. The predicted octanol–water partition coefficient (Wildman–Crippen LogP) is 6.70. The van der Waals surface area contributed by atoms with Crippen molar-refractivity contribution < 1.29 is 42.8 Å². The molecule has 8 aliphatic rings. The van der Waals surface area contributed by atoms with E-state index in [0.717, 1.165) is 70.4 Å². The van der Waals surface area contributed by atoms with Gasteiger partial charge in [0.2, 0.25) is 0 Å². The molecule has 6 saturated heterocycles. The SMILES string of the molecule is CO[C@@H](C)c1ncccc1-c1c2c3cc(ccc3n1CCOC1CCOCC1)-c1csc(n1)[C@@H](N1CC3(CCCO3)C1)[C@H](NC(=O)C13CC(C)(C1)[C@H](C)O3)C(=O)N1CCC[C@H](N1)C(=O)OCC(C)(C)C2. The Balaban J connectivity index is 1.05. The molecule has 0 radical (unpaired) electrons. The third kappa shape index (κ3) is 8.69. The standard InChI is InChI=1S/C53H69N7O9S/c1-32(64-6)42-36(10-7-17-54-42)44-38-25-50(3,4)31-67-48(62)39-11-8-18-60(57-39)47(61)43(56-49(63)53-27-51(5,28-53)33(2)69-53)45(58-29-52(30-58)16-9-20-68-52)46-55-40(26-70-46)34-12-13-41(37(38)24-34)59(44)19-23-66-35-14-21-65-22-15-35/h7,10,12-13,17,24,26,32-33,35,39,43,45,57H,8-9,11,14-16,18-23,25,27-31H2,1-6H3,(H,56,63)/t32-,33-,39-,43-,45-,51?,53?/m0/s1. The van der Waals surface area contributed by atoms with Gasteiger partial charge in [-0.15, -0.1) is 11.3 Å². The van der Waals surface area contributed by atoms with Gasteiger partial charge in [-0.1, -0.05) is 26.8 Å². The molecule has 16 nitrogen and oxygen atoms in total. The molecule has 0 unspecified atom stereocenters. The first-order valence-electron chi connectivity index (χ1n) is 25.6. The number of ether oxygens (including phenoxy) is 6. The number of esters is 1. The van der Waals surface area contributed by atoms with Crippen LogP contribution in [0, 0.1) is 10.8 Å². The number of methoxy groups -OCH3 is 1. The zero-order valence-corrected chi connectivity index (χ0v) is 42.4. The van der Waals surface area contributed by atoms with Crippen molar-refractivity contribution in [3.8, 4) is 22.5 Å². The number of fused-ring (bicyclic) bond motifs is 7. The molecular weight excluding hydrogens is 911 g/mol. The number of cyclic esters (lactones) is 1. The first kappa shape index (κ1) is 48.0. The van der Waals surface area contributed by atoms with E-state index in [0.29, 0.717) is 89.7 Å². The van der Waals surface area contributed by atoms with Crippen LogP contribution in [0.2, 0.25) is 0 Å². The maximum absolute atomic E-state index is 15.3. The van der Waals surface area contributed by atoms with Crippen molar-refractivity contribution in [3.05, 3.63) is 58.2 Å². The van der Waals surface area contributed by atoms with Gasteiger partial charge in [0, 0.05) is 97.5 Å². The number of carbonyl (C=O) groups excluding carboxylic acids is 3. The van der Waals surface area contributed by atoms with Crippen LogP contribution < -0.4 is 10.7 Å². The lowest BCUT2D eigenvalue weighted by Gasteiger charge is -2.52. The smallest absolute Gasteiger partial charge is 0.324 e. The van der Waals surface area contributed by atoms with Crippen LogP contribution in [0.5, 0.6) is 0 Å². The van der Waals surface area contributed by atoms with Gasteiger partial charge >= 0.3 is 5.97 Å². The van der Waals surface area contributed by atoms with Gasteiger partial charge in [0.15, 0.2) is 0 Å². The van der Waals surface area contributed by atoms with E-state index in [4.69, 9.17) is 38.4 Å². The number of likely N-dealkylation sites (tertiary alicyclic amines) is 1. The summed E-state index contributed by atoms with van der Waals surface area (Å²) in [4.78, 5) is 56.8. The van der Waals surface area contributed by atoms with Crippen LogP contribution in [0.25, 0.3) is 33.4 Å². The van der Waals surface area contributed by atoms with E-state index in [-0.39, 0.29) is 47.7 Å². The Hall–Kier alpha value is -4.33. The third-order valence-corrected chi connectivity index (χ3v) is 17.4. The monoisotopic (exact) mass is 979 g/mol. The number of nitrogens with one attached hydrogen (secondary N) is 2. The molecule has 1 aliphatic carbocycles. The second kappa shape index (κ2) is 18.6. The molecule has 5 atom stereocenters. The van der Waals surface area contributed by atoms with E-state index in [1.165, 1.54) is 16.3 Å². The highest BCUT2D eigenvalue weighted by atomic mass is 32.1. The minimum absolute atomic E-state index is 0.0802. The van der Waals surface area contributed by atoms with Crippen LogP contribution in [0.3, 0.4) is 0 Å². The summed E-state index contributed by atoms with van der Waals surface area (Å²) in [6, 6.07) is 8.21. The van der Waals surface area contributed by atoms with Gasteiger partial charge in [0.1, 0.15) is 22.7 Å². The van der Waals surface area contributed by atoms with Crippen molar-refractivity contribution in [2.75, 3.05) is 59.8 Å². The number of aromatic nitrogens is 3. The zero-order chi connectivity index (χ0) is 48.6. The van der Waals surface area contributed by atoms with Crippen LogP contribution in [0.15, 0.2) is 41.9 Å². The molecule has 10 heterocycles. The summed E-state index contributed by atoms with van der Waals surface area (Å²) >= 11 is 1.50. The van der Waals surface area contributed by atoms with Crippen LogP contribution in [-0.2, 0) is 55.8 Å². The highest BCUT2D eigenvalue weighted by molar-refractivity contribution is 7.10. The van der Waals surface area contributed by atoms with Crippen molar-refractivity contribution in [3.63, 3.8) is 0 Å². The number of carbonyl (C=O) groups is 3. The van der Waals surface area contributed by atoms with Crippen molar-refractivity contribution in [1.82, 2.24) is 35.2 Å². The van der Waals surface area contributed by atoms with Crippen molar-refractivity contribution in [2.45, 2.75) is 147 Å². The van der Waals surface area contributed by atoms with E-state index < -0.39 is 35.1 Å². The Morgan fingerprint density at radius 2 is 1.89 bits per heavy atom. The van der Waals surface area contributed by atoms with Gasteiger partial charge in [-0.2, -0.15) is 0 Å². The third-order valence-electron chi connectivity index (χ3n) is 16.5. The van der Waals surface area contributed by atoms with Gasteiger partial charge in [0.05, 0.1) is 60.3 Å². The summed E-state index contributed by atoms with van der Waals surface area (Å²) in [5.74, 6) is -1.03. The van der Waals surface area contributed by atoms with Crippen LogP contribution in [0.4, 0.5) is 0 Å². The molecule has 7 fully saturated rings. The lowest BCUT2D eigenvalue weighted by Crippen LogP contribution is -2.69. The fraction of sp³-hybridized carbons (Fsp3) is 0.642. The average Bonchev–Trinajstić information content (AvgIpc) is 4.18. The maximum Gasteiger partial charge on any atom is 0.324 e. The zero-order valence-electron chi connectivity index (χ0n) is 41.6. The molecule has 2 amide bonds.